The van der Waals surface area contributed by atoms with Crippen LogP contribution in [0, 0.1) is 11.8 Å². The molecule has 2 bridgehead atoms. The van der Waals surface area contributed by atoms with Crippen molar-refractivity contribution in [3.8, 4) is 11.5 Å². The van der Waals surface area contributed by atoms with Crippen molar-refractivity contribution in [2.24, 2.45) is 11.8 Å². The highest BCUT2D eigenvalue weighted by molar-refractivity contribution is 5.89. The summed E-state index contributed by atoms with van der Waals surface area (Å²) < 4.78 is 11.9. The van der Waals surface area contributed by atoms with Gasteiger partial charge in [0.1, 0.15) is 0 Å². The monoisotopic (exact) mass is 327 g/mol. The van der Waals surface area contributed by atoms with Crippen molar-refractivity contribution < 1.29 is 14.3 Å². The number of rotatable bonds is 2. The smallest absolute Gasteiger partial charge is 0.174 e. The van der Waals surface area contributed by atoms with Gasteiger partial charge in [0.15, 0.2) is 23.4 Å². The highest BCUT2D eigenvalue weighted by Gasteiger charge is 2.67. The minimum absolute atomic E-state index is 0.120. The summed E-state index contributed by atoms with van der Waals surface area (Å²) in [5.41, 5.74) is 2.56. The molecular weight excluding hydrogens is 302 g/mol. The van der Waals surface area contributed by atoms with Gasteiger partial charge in [0.25, 0.3) is 0 Å². The third-order valence-corrected chi connectivity index (χ3v) is 7.27. The molecule has 0 unspecified atom stereocenters. The molecule has 1 saturated heterocycles. The van der Waals surface area contributed by atoms with Crippen LogP contribution in [-0.4, -0.2) is 43.5 Å². The number of ketones is 1. The zero-order valence-electron chi connectivity index (χ0n) is 14.7. The Balaban J connectivity index is 1.81. The minimum atomic E-state index is -0.299. The van der Waals surface area contributed by atoms with E-state index < -0.39 is 0 Å². The molecule has 2 aliphatic heterocycles. The molecule has 1 aromatic rings. The molecule has 0 N–H and O–H groups in total. The van der Waals surface area contributed by atoms with Gasteiger partial charge in [0.2, 0.25) is 0 Å². The van der Waals surface area contributed by atoms with Gasteiger partial charge < -0.3 is 14.4 Å². The SMILES string of the molecule is CC[C@H]1CC(=O)[C@@H]2Oc3c(OC)ccc4c3[C@@]23CCN(C)[C@H](C4)[C@H]13. The first-order valence-electron chi connectivity index (χ1n) is 9.21. The number of hydrogen-bond acceptors (Lipinski definition) is 4. The number of nitrogens with zero attached hydrogens (tertiary/aromatic N) is 1. The quantitative estimate of drug-likeness (QED) is 0.837. The van der Waals surface area contributed by atoms with Gasteiger partial charge >= 0.3 is 0 Å². The van der Waals surface area contributed by atoms with Crippen LogP contribution in [0.2, 0.25) is 0 Å². The number of piperidine rings is 1. The number of likely N-dealkylation sites (tertiary alicyclic amines) is 1. The molecule has 2 heterocycles. The van der Waals surface area contributed by atoms with Crippen molar-refractivity contribution in [2.75, 3.05) is 20.7 Å². The van der Waals surface area contributed by atoms with Crippen LogP contribution < -0.4 is 9.47 Å². The lowest BCUT2D eigenvalue weighted by Crippen LogP contribution is -2.67. The van der Waals surface area contributed by atoms with E-state index in [9.17, 15) is 4.79 Å². The van der Waals surface area contributed by atoms with Gasteiger partial charge in [-0.05, 0) is 49.9 Å². The molecular formula is C20H25NO3. The molecule has 2 fully saturated rings. The molecule has 1 spiro atoms. The third kappa shape index (κ3) is 1.52. The molecule has 1 saturated carbocycles. The number of Topliss-reactive ketones (excluding diaryl/α,β-unsaturated/α-hetero) is 1. The molecule has 128 valence electrons. The van der Waals surface area contributed by atoms with Crippen LogP contribution in [0.1, 0.15) is 37.3 Å². The van der Waals surface area contributed by atoms with Gasteiger partial charge in [-0.1, -0.05) is 19.4 Å². The first-order valence-corrected chi connectivity index (χ1v) is 9.21. The summed E-state index contributed by atoms with van der Waals surface area (Å²) >= 11 is 0. The highest BCUT2D eigenvalue weighted by atomic mass is 16.5. The maximum absolute atomic E-state index is 13.0. The number of methoxy groups -OCH3 is 1. The Morgan fingerprint density at radius 1 is 1.38 bits per heavy atom. The standard InChI is InChI=1S/C20H25NO3/c1-4-11-10-14(22)19-20-7-8-21(2)13(16(11)20)9-12-5-6-15(23-3)18(24-19)17(12)20/h5-6,11,13,16,19H,4,7-10H2,1-3H3/t11-,13+,16-,19-,20-/m0/s1. The van der Waals surface area contributed by atoms with Crippen molar-refractivity contribution in [1.82, 2.24) is 4.90 Å². The number of carbonyl (C=O) groups excluding carboxylic acids is 1. The number of benzene rings is 1. The van der Waals surface area contributed by atoms with Gasteiger partial charge in [-0.2, -0.15) is 0 Å². The van der Waals surface area contributed by atoms with Crippen LogP contribution in [0.25, 0.3) is 0 Å². The van der Waals surface area contributed by atoms with Gasteiger partial charge in [-0.25, -0.2) is 0 Å². The molecule has 1 aromatic carbocycles. The van der Waals surface area contributed by atoms with E-state index in [4.69, 9.17) is 9.47 Å². The van der Waals surface area contributed by atoms with Crippen molar-refractivity contribution in [3.63, 3.8) is 0 Å². The molecule has 4 nitrogen and oxygen atoms in total. The molecule has 5 rings (SSSR count). The van der Waals surface area contributed by atoms with Crippen molar-refractivity contribution in [2.45, 2.75) is 50.2 Å². The number of likely N-dealkylation sites (N-methyl/N-ethyl adjacent to an activating group) is 1. The molecule has 4 heteroatoms. The molecule has 0 amide bonds. The number of ether oxygens (including phenoxy) is 2. The van der Waals surface area contributed by atoms with E-state index >= 15 is 0 Å². The average molecular weight is 327 g/mol. The fraction of sp³-hybridized carbons (Fsp3) is 0.650. The predicted octanol–water partition coefficient (Wildman–Crippen LogP) is 2.57. The van der Waals surface area contributed by atoms with Gasteiger partial charge in [-0.15, -0.1) is 0 Å². The summed E-state index contributed by atoms with van der Waals surface area (Å²) in [6.45, 7) is 3.28. The number of carbonyl (C=O) groups is 1. The van der Waals surface area contributed by atoms with E-state index in [1.54, 1.807) is 7.11 Å². The van der Waals surface area contributed by atoms with Crippen molar-refractivity contribution in [3.05, 3.63) is 23.3 Å². The minimum Gasteiger partial charge on any atom is -0.493 e. The van der Waals surface area contributed by atoms with Crippen LogP contribution in [0.3, 0.4) is 0 Å². The summed E-state index contributed by atoms with van der Waals surface area (Å²) in [6, 6.07) is 4.74. The Bertz CT molecular complexity index is 730. The Morgan fingerprint density at radius 2 is 2.21 bits per heavy atom. The first kappa shape index (κ1) is 14.8. The van der Waals surface area contributed by atoms with Gasteiger partial charge in [0.05, 0.1) is 7.11 Å². The predicted molar refractivity (Wildman–Crippen MR) is 90.7 cm³/mol. The van der Waals surface area contributed by atoms with E-state index in [1.807, 2.05) is 6.07 Å². The summed E-state index contributed by atoms with van der Waals surface area (Å²) in [5, 5.41) is 0. The summed E-state index contributed by atoms with van der Waals surface area (Å²) in [7, 11) is 3.94. The lowest BCUT2D eigenvalue weighted by Gasteiger charge is -2.59. The Labute approximate surface area is 143 Å². The zero-order chi connectivity index (χ0) is 16.6. The normalized spacial score (nSPS) is 39.4. The molecule has 0 radical (unpaired) electrons. The van der Waals surface area contributed by atoms with E-state index in [-0.39, 0.29) is 11.5 Å². The molecule has 24 heavy (non-hydrogen) atoms. The maximum atomic E-state index is 13.0. The summed E-state index contributed by atoms with van der Waals surface area (Å²) in [4.78, 5) is 15.5. The number of hydrogen-bond donors (Lipinski definition) is 0. The average Bonchev–Trinajstić information content (AvgIpc) is 2.94. The first-order chi connectivity index (χ1) is 11.6. The molecule has 4 aliphatic rings. The van der Waals surface area contributed by atoms with Crippen molar-refractivity contribution >= 4 is 5.78 Å². The van der Waals surface area contributed by atoms with Crippen LogP contribution in [0.15, 0.2) is 12.1 Å². The van der Waals surface area contributed by atoms with E-state index in [1.165, 1.54) is 11.1 Å². The second-order valence-electron chi connectivity index (χ2n) is 8.04. The van der Waals surface area contributed by atoms with Crippen LogP contribution >= 0.6 is 0 Å². The molecule has 5 atom stereocenters. The topological polar surface area (TPSA) is 38.8 Å². The van der Waals surface area contributed by atoms with Crippen molar-refractivity contribution in [1.29, 1.82) is 0 Å². The fourth-order valence-electron chi connectivity index (χ4n) is 6.31. The lowest BCUT2D eigenvalue weighted by atomic mass is 9.48. The molecule has 0 aromatic heterocycles. The van der Waals surface area contributed by atoms with Crippen LogP contribution in [0.5, 0.6) is 11.5 Å². The third-order valence-electron chi connectivity index (χ3n) is 7.27. The summed E-state index contributed by atoms with van der Waals surface area (Å²) in [5.74, 6) is 2.93. The summed E-state index contributed by atoms with van der Waals surface area (Å²) in [6.07, 6.45) is 3.53. The van der Waals surface area contributed by atoms with E-state index in [0.29, 0.717) is 30.1 Å². The van der Waals surface area contributed by atoms with E-state index in [2.05, 4.69) is 24.9 Å². The maximum Gasteiger partial charge on any atom is 0.174 e. The highest BCUT2D eigenvalue weighted by Crippen LogP contribution is 2.64. The fourth-order valence-corrected chi connectivity index (χ4v) is 6.31. The Kier molecular flexibility index (Phi) is 2.92. The van der Waals surface area contributed by atoms with Crippen LogP contribution in [0.4, 0.5) is 0 Å². The zero-order valence-corrected chi connectivity index (χ0v) is 14.7. The second-order valence-corrected chi connectivity index (χ2v) is 8.04. The van der Waals surface area contributed by atoms with Gasteiger partial charge in [-0.3, -0.25) is 4.79 Å². The lowest BCUT2D eigenvalue weighted by molar-refractivity contribution is -0.144. The Hall–Kier alpha value is -1.55. The molecule has 2 aliphatic carbocycles. The van der Waals surface area contributed by atoms with Crippen LogP contribution in [-0.2, 0) is 16.6 Å². The second kappa shape index (κ2) is 4.75. The largest absolute Gasteiger partial charge is 0.493 e. The van der Waals surface area contributed by atoms with Gasteiger partial charge in [0, 0.05) is 23.4 Å². The van der Waals surface area contributed by atoms with E-state index in [0.717, 1.165) is 37.3 Å². The Morgan fingerprint density at radius 3 is 2.96 bits per heavy atom.